The zero-order valence-corrected chi connectivity index (χ0v) is 9.40. The molecule has 2 N–H and O–H groups in total. The third-order valence-corrected chi connectivity index (χ3v) is 2.32. The molecular weight excluding hydrogens is 174 g/mol. The first-order valence-corrected chi connectivity index (χ1v) is 5.32. The lowest BCUT2D eigenvalue weighted by atomic mass is 10.1. The van der Waals surface area contributed by atoms with Crippen LogP contribution in [0.5, 0.6) is 0 Å². The zero-order chi connectivity index (χ0) is 10.6. The van der Waals surface area contributed by atoms with Gasteiger partial charge in [0.05, 0.1) is 6.33 Å². The van der Waals surface area contributed by atoms with Gasteiger partial charge in [-0.15, -0.1) is 0 Å². The van der Waals surface area contributed by atoms with Crippen LogP contribution in [0.2, 0.25) is 0 Å². The largest absolute Gasteiger partial charge is 0.334 e. The lowest BCUT2D eigenvalue weighted by Gasteiger charge is -2.13. The maximum absolute atomic E-state index is 5.61. The quantitative estimate of drug-likeness (QED) is 0.776. The molecule has 1 rings (SSSR count). The average molecular weight is 195 g/mol. The van der Waals surface area contributed by atoms with Crippen molar-refractivity contribution in [1.82, 2.24) is 9.55 Å². The Kier molecular flexibility index (Phi) is 4.14. The van der Waals surface area contributed by atoms with Crippen molar-refractivity contribution in [2.45, 2.75) is 33.7 Å². The fourth-order valence-corrected chi connectivity index (χ4v) is 1.52. The smallest absolute Gasteiger partial charge is 0.0948 e. The van der Waals surface area contributed by atoms with Gasteiger partial charge in [-0.3, -0.25) is 0 Å². The van der Waals surface area contributed by atoms with E-state index in [1.807, 2.05) is 12.5 Å². The molecule has 80 valence electrons. The third-order valence-electron chi connectivity index (χ3n) is 2.32. The highest BCUT2D eigenvalue weighted by molar-refractivity contribution is 4.99. The van der Waals surface area contributed by atoms with Crippen LogP contribution < -0.4 is 5.73 Å². The van der Waals surface area contributed by atoms with E-state index in [1.165, 1.54) is 5.69 Å². The number of hydrogen-bond acceptors (Lipinski definition) is 2. The molecule has 1 unspecified atom stereocenters. The van der Waals surface area contributed by atoms with Crippen LogP contribution >= 0.6 is 0 Å². The highest BCUT2D eigenvalue weighted by Crippen LogP contribution is 2.09. The Morgan fingerprint density at radius 2 is 2.14 bits per heavy atom. The van der Waals surface area contributed by atoms with E-state index in [1.54, 1.807) is 0 Å². The van der Waals surface area contributed by atoms with Crippen molar-refractivity contribution in [1.29, 1.82) is 0 Å². The molecule has 0 aliphatic carbocycles. The molecule has 0 fully saturated rings. The van der Waals surface area contributed by atoms with Gasteiger partial charge in [0.15, 0.2) is 0 Å². The molecule has 14 heavy (non-hydrogen) atoms. The van der Waals surface area contributed by atoms with Gasteiger partial charge < -0.3 is 10.3 Å². The summed E-state index contributed by atoms with van der Waals surface area (Å²) >= 11 is 0. The molecule has 0 bridgehead atoms. The predicted molar refractivity (Wildman–Crippen MR) is 59.0 cm³/mol. The van der Waals surface area contributed by atoms with Crippen LogP contribution in [-0.2, 0) is 13.0 Å². The summed E-state index contributed by atoms with van der Waals surface area (Å²) in [6.07, 6.45) is 4.90. The minimum atomic E-state index is 0.539. The summed E-state index contributed by atoms with van der Waals surface area (Å²) in [5, 5.41) is 0. The first-order chi connectivity index (χ1) is 6.63. The summed E-state index contributed by atoms with van der Waals surface area (Å²) in [6, 6.07) is 0. The topological polar surface area (TPSA) is 43.8 Å². The Labute approximate surface area is 86.3 Å². The van der Waals surface area contributed by atoms with E-state index in [9.17, 15) is 0 Å². The van der Waals surface area contributed by atoms with Crippen LogP contribution in [0.4, 0.5) is 0 Å². The molecule has 0 radical (unpaired) electrons. The van der Waals surface area contributed by atoms with E-state index in [4.69, 9.17) is 5.73 Å². The molecule has 0 amide bonds. The van der Waals surface area contributed by atoms with Gasteiger partial charge >= 0.3 is 0 Å². The first kappa shape index (κ1) is 11.2. The molecule has 1 aromatic rings. The van der Waals surface area contributed by atoms with E-state index in [0.717, 1.165) is 19.5 Å². The first-order valence-electron chi connectivity index (χ1n) is 5.32. The van der Waals surface area contributed by atoms with Crippen molar-refractivity contribution >= 4 is 0 Å². The lowest BCUT2D eigenvalue weighted by Crippen LogP contribution is -2.16. The zero-order valence-electron chi connectivity index (χ0n) is 9.40. The molecule has 1 aromatic heterocycles. The Balaban J connectivity index is 2.62. The predicted octanol–water partition coefficient (Wildman–Crippen LogP) is 1.68. The van der Waals surface area contributed by atoms with Crippen molar-refractivity contribution in [3.8, 4) is 0 Å². The number of rotatable bonds is 5. The van der Waals surface area contributed by atoms with Crippen LogP contribution in [-0.4, -0.2) is 16.1 Å². The maximum Gasteiger partial charge on any atom is 0.0948 e. The van der Waals surface area contributed by atoms with Crippen molar-refractivity contribution in [2.24, 2.45) is 17.6 Å². The molecule has 3 nitrogen and oxygen atoms in total. The SMILES string of the molecule is CC(C)Cn1cncc1CC(C)CN. The van der Waals surface area contributed by atoms with Crippen molar-refractivity contribution in [3.05, 3.63) is 18.2 Å². The molecule has 0 saturated carbocycles. The van der Waals surface area contributed by atoms with E-state index in [0.29, 0.717) is 11.8 Å². The molecule has 0 aromatic carbocycles. The van der Waals surface area contributed by atoms with Crippen molar-refractivity contribution in [2.75, 3.05) is 6.54 Å². The Morgan fingerprint density at radius 1 is 1.43 bits per heavy atom. The summed E-state index contributed by atoms with van der Waals surface area (Å²) in [4.78, 5) is 4.18. The van der Waals surface area contributed by atoms with Crippen molar-refractivity contribution in [3.63, 3.8) is 0 Å². The van der Waals surface area contributed by atoms with Gasteiger partial charge in [-0.1, -0.05) is 20.8 Å². The Bertz CT molecular complexity index is 265. The molecule has 1 atom stereocenters. The van der Waals surface area contributed by atoms with E-state index in [2.05, 4.69) is 30.3 Å². The summed E-state index contributed by atoms with van der Waals surface area (Å²) in [6.45, 7) is 8.40. The van der Waals surface area contributed by atoms with Crippen LogP contribution in [0.3, 0.4) is 0 Å². The van der Waals surface area contributed by atoms with Crippen LogP contribution in [0, 0.1) is 11.8 Å². The molecular formula is C11H21N3. The van der Waals surface area contributed by atoms with Crippen LogP contribution in [0.1, 0.15) is 26.5 Å². The highest BCUT2D eigenvalue weighted by Gasteiger charge is 2.07. The summed E-state index contributed by atoms with van der Waals surface area (Å²) in [5.41, 5.74) is 6.91. The maximum atomic E-state index is 5.61. The standard InChI is InChI=1S/C11H21N3/c1-9(2)7-14-8-13-6-11(14)4-10(3)5-12/h6,8-10H,4-5,7,12H2,1-3H3. The number of hydrogen-bond donors (Lipinski definition) is 1. The summed E-state index contributed by atoms with van der Waals surface area (Å²) < 4.78 is 2.23. The Morgan fingerprint density at radius 3 is 2.71 bits per heavy atom. The molecule has 1 heterocycles. The van der Waals surface area contributed by atoms with E-state index < -0.39 is 0 Å². The molecule has 0 aliphatic heterocycles. The summed E-state index contributed by atoms with van der Waals surface area (Å²) in [7, 11) is 0. The van der Waals surface area contributed by atoms with Crippen LogP contribution in [0.15, 0.2) is 12.5 Å². The number of nitrogens with two attached hydrogens (primary N) is 1. The highest BCUT2D eigenvalue weighted by atomic mass is 15.0. The van der Waals surface area contributed by atoms with E-state index >= 15 is 0 Å². The lowest BCUT2D eigenvalue weighted by molar-refractivity contribution is 0.489. The number of imidazole rings is 1. The van der Waals surface area contributed by atoms with Gasteiger partial charge in [-0.05, 0) is 24.8 Å². The average Bonchev–Trinajstić information content (AvgIpc) is 2.52. The molecule has 0 spiro atoms. The van der Waals surface area contributed by atoms with Gasteiger partial charge in [-0.2, -0.15) is 0 Å². The second kappa shape index (κ2) is 5.15. The third kappa shape index (κ3) is 3.14. The monoisotopic (exact) mass is 195 g/mol. The molecule has 0 aliphatic rings. The second-order valence-electron chi connectivity index (χ2n) is 4.48. The van der Waals surface area contributed by atoms with Crippen molar-refractivity contribution < 1.29 is 0 Å². The summed E-state index contributed by atoms with van der Waals surface area (Å²) in [5.74, 6) is 1.20. The minimum Gasteiger partial charge on any atom is -0.334 e. The van der Waals surface area contributed by atoms with Gasteiger partial charge in [0, 0.05) is 18.4 Å². The van der Waals surface area contributed by atoms with E-state index in [-0.39, 0.29) is 0 Å². The normalized spacial score (nSPS) is 13.5. The minimum absolute atomic E-state index is 0.539. The van der Waals surface area contributed by atoms with Crippen LogP contribution in [0.25, 0.3) is 0 Å². The van der Waals surface area contributed by atoms with Gasteiger partial charge in [-0.25, -0.2) is 4.98 Å². The fourth-order valence-electron chi connectivity index (χ4n) is 1.52. The fraction of sp³-hybridized carbons (Fsp3) is 0.727. The second-order valence-corrected chi connectivity index (χ2v) is 4.48. The van der Waals surface area contributed by atoms with Gasteiger partial charge in [0.2, 0.25) is 0 Å². The van der Waals surface area contributed by atoms with Gasteiger partial charge in [0.25, 0.3) is 0 Å². The van der Waals surface area contributed by atoms with Gasteiger partial charge in [0.1, 0.15) is 0 Å². The molecule has 0 saturated heterocycles. The molecule has 3 heteroatoms. The number of aromatic nitrogens is 2. The number of nitrogens with zero attached hydrogens (tertiary/aromatic N) is 2. The Hall–Kier alpha value is -0.830.